The molecular formula is C14H16ClN3S. The summed E-state index contributed by atoms with van der Waals surface area (Å²) in [5.74, 6) is 0. The molecule has 2 aromatic rings. The van der Waals surface area contributed by atoms with Crippen molar-refractivity contribution in [1.82, 2.24) is 15.2 Å². The van der Waals surface area contributed by atoms with Gasteiger partial charge in [0.2, 0.25) is 0 Å². The van der Waals surface area contributed by atoms with Gasteiger partial charge in [0.15, 0.2) is 0 Å². The van der Waals surface area contributed by atoms with Gasteiger partial charge in [-0.2, -0.15) is 0 Å². The number of thiazole rings is 1. The average Bonchev–Trinajstić information content (AvgIpc) is 2.92. The van der Waals surface area contributed by atoms with Crippen molar-refractivity contribution in [3.05, 3.63) is 51.4 Å². The fourth-order valence-corrected chi connectivity index (χ4v) is 3.32. The second-order valence-corrected chi connectivity index (χ2v) is 6.09. The summed E-state index contributed by atoms with van der Waals surface area (Å²) in [5, 5.41) is 7.47. The summed E-state index contributed by atoms with van der Waals surface area (Å²) in [4.78, 5) is 6.86. The summed E-state index contributed by atoms with van der Waals surface area (Å²) in [6, 6.07) is 8.53. The minimum absolute atomic E-state index is 0.372. The van der Waals surface area contributed by atoms with Gasteiger partial charge >= 0.3 is 0 Å². The lowest BCUT2D eigenvalue weighted by Gasteiger charge is -2.36. The van der Waals surface area contributed by atoms with Crippen molar-refractivity contribution in [3.8, 4) is 0 Å². The van der Waals surface area contributed by atoms with Crippen LogP contribution in [-0.4, -0.2) is 29.5 Å². The van der Waals surface area contributed by atoms with Gasteiger partial charge in [0, 0.05) is 42.3 Å². The largest absolute Gasteiger partial charge is 0.314 e. The molecular weight excluding hydrogens is 278 g/mol. The van der Waals surface area contributed by atoms with Crippen molar-refractivity contribution in [1.29, 1.82) is 0 Å². The second-order valence-electron chi connectivity index (χ2n) is 4.67. The number of halogens is 1. The molecule has 1 aromatic heterocycles. The highest BCUT2D eigenvalue weighted by Gasteiger charge is 2.24. The molecule has 1 aliphatic heterocycles. The maximum absolute atomic E-state index is 6.11. The maximum atomic E-state index is 6.11. The highest BCUT2D eigenvalue weighted by molar-refractivity contribution is 7.09. The van der Waals surface area contributed by atoms with Crippen molar-refractivity contribution in [2.75, 3.05) is 19.6 Å². The van der Waals surface area contributed by atoms with Crippen molar-refractivity contribution < 1.29 is 0 Å². The van der Waals surface area contributed by atoms with E-state index in [1.54, 1.807) is 11.3 Å². The Morgan fingerprint density at radius 1 is 1.47 bits per heavy atom. The van der Waals surface area contributed by atoms with Gasteiger partial charge in [0.25, 0.3) is 0 Å². The van der Waals surface area contributed by atoms with E-state index in [1.807, 2.05) is 23.7 Å². The highest BCUT2D eigenvalue weighted by Crippen LogP contribution is 2.26. The van der Waals surface area contributed by atoms with E-state index in [9.17, 15) is 0 Å². The summed E-state index contributed by atoms with van der Waals surface area (Å²) in [7, 11) is 0. The van der Waals surface area contributed by atoms with Crippen molar-refractivity contribution >= 4 is 22.9 Å². The van der Waals surface area contributed by atoms with Crippen LogP contribution in [-0.2, 0) is 6.54 Å². The van der Waals surface area contributed by atoms with Crippen LogP contribution >= 0.6 is 22.9 Å². The first-order valence-corrected chi connectivity index (χ1v) is 7.67. The van der Waals surface area contributed by atoms with E-state index >= 15 is 0 Å². The van der Waals surface area contributed by atoms with Crippen LogP contribution in [0.25, 0.3) is 0 Å². The lowest BCUT2D eigenvalue weighted by atomic mass is 10.0. The summed E-state index contributed by atoms with van der Waals surface area (Å²) in [5.41, 5.74) is 1.27. The van der Waals surface area contributed by atoms with Gasteiger partial charge in [-0.05, 0) is 17.7 Å². The van der Waals surface area contributed by atoms with Gasteiger partial charge in [0.05, 0.1) is 6.54 Å². The Morgan fingerprint density at radius 2 is 2.42 bits per heavy atom. The fourth-order valence-electron chi connectivity index (χ4n) is 2.48. The average molecular weight is 294 g/mol. The predicted octanol–water partition coefficient (Wildman–Crippen LogP) is 2.94. The van der Waals surface area contributed by atoms with Gasteiger partial charge in [-0.15, -0.1) is 11.3 Å². The fraction of sp³-hybridized carbons (Fsp3) is 0.357. The molecule has 19 heavy (non-hydrogen) atoms. The van der Waals surface area contributed by atoms with E-state index in [0.29, 0.717) is 6.04 Å². The lowest BCUT2D eigenvalue weighted by molar-refractivity contribution is 0.153. The minimum Gasteiger partial charge on any atom is -0.314 e. The van der Waals surface area contributed by atoms with Crippen LogP contribution in [0.15, 0.2) is 35.8 Å². The first-order chi connectivity index (χ1) is 9.33. The second kappa shape index (κ2) is 6.01. The van der Waals surface area contributed by atoms with E-state index in [2.05, 4.69) is 27.3 Å². The third kappa shape index (κ3) is 3.15. The Bertz CT molecular complexity index is 529. The molecule has 1 aromatic carbocycles. The van der Waals surface area contributed by atoms with Crippen LogP contribution in [0.3, 0.4) is 0 Å². The number of aromatic nitrogens is 1. The highest BCUT2D eigenvalue weighted by atomic mass is 35.5. The number of rotatable bonds is 3. The molecule has 3 rings (SSSR count). The number of hydrogen-bond donors (Lipinski definition) is 1. The van der Waals surface area contributed by atoms with Gasteiger partial charge in [-0.3, -0.25) is 4.90 Å². The number of nitrogens with zero attached hydrogens (tertiary/aromatic N) is 2. The summed E-state index contributed by atoms with van der Waals surface area (Å²) < 4.78 is 0. The summed E-state index contributed by atoms with van der Waals surface area (Å²) in [6.45, 7) is 3.95. The zero-order chi connectivity index (χ0) is 13.1. The predicted molar refractivity (Wildman–Crippen MR) is 79.6 cm³/mol. The Balaban J connectivity index is 1.80. The summed E-state index contributed by atoms with van der Waals surface area (Å²) in [6.07, 6.45) is 1.87. The quantitative estimate of drug-likeness (QED) is 0.943. The Kier molecular flexibility index (Phi) is 4.13. The van der Waals surface area contributed by atoms with Crippen LogP contribution in [0.4, 0.5) is 0 Å². The van der Waals surface area contributed by atoms with Gasteiger partial charge in [-0.25, -0.2) is 4.98 Å². The Hall–Kier alpha value is -0.940. The topological polar surface area (TPSA) is 28.2 Å². The molecule has 0 spiro atoms. The number of piperazine rings is 1. The zero-order valence-electron chi connectivity index (χ0n) is 10.6. The van der Waals surface area contributed by atoms with Gasteiger partial charge in [-0.1, -0.05) is 23.7 Å². The van der Waals surface area contributed by atoms with E-state index < -0.39 is 0 Å². The first kappa shape index (κ1) is 13.1. The SMILES string of the molecule is Clc1cccc(C2CNCCN2Cc2nccs2)c1. The number of benzene rings is 1. The lowest BCUT2D eigenvalue weighted by Crippen LogP contribution is -2.45. The molecule has 1 aliphatic rings. The first-order valence-electron chi connectivity index (χ1n) is 6.41. The molecule has 100 valence electrons. The van der Waals surface area contributed by atoms with E-state index in [-0.39, 0.29) is 0 Å². The van der Waals surface area contributed by atoms with E-state index in [0.717, 1.165) is 31.2 Å². The third-order valence-electron chi connectivity index (χ3n) is 3.41. The van der Waals surface area contributed by atoms with E-state index in [4.69, 9.17) is 11.6 Å². The van der Waals surface area contributed by atoms with Crippen molar-refractivity contribution in [3.63, 3.8) is 0 Å². The molecule has 0 amide bonds. The van der Waals surface area contributed by atoms with Crippen LogP contribution in [0, 0.1) is 0 Å². The minimum atomic E-state index is 0.372. The van der Waals surface area contributed by atoms with Crippen molar-refractivity contribution in [2.45, 2.75) is 12.6 Å². The zero-order valence-corrected chi connectivity index (χ0v) is 12.1. The van der Waals surface area contributed by atoms with Gasteiger partial charge in [0.1, 0.15) is 5.01 Å². The number of hydrogen-bond acceptors (Lipinski definition) is 4. The molecule has 0 radical (unpaired) electrons. The van der Waals surface area contributed by atoms with E-state index in [1.165, 1.54) is 10.6 Å². The van der Waals surface area contributed by atoms with Crippen LogP contribution in [0.1, 0.15) is 16.6 Å². The van der Waals surface area contributed by atoms with Crippen molar-refractivity contribution in [2.24, 2.45) is 0 Å². The smallest absolute Gasteiger partial charge is 0.107 e. The molecule has 1 N–H and O–H groups in total. The number of nitrogens with one attached hydrogen (secondary N) is 1. The Morgan fingerprint density at radius 3 is 3.21 bits per heavy atom. The molecule has 1 atom stereocenters. The molecule has 0 saturated carbocycles. The molecule has 5 heteroatoms. The molecule has 0 aliphatic carbocycles. The van der Waals surface area contributed by atoms with Gasteiger partial charge < -0.3 is 5.32 Å². The molecule has 1 saturated heterocycles. The normalized spacial score (nSPS) is 20.6. The van der Waals surface area contributed by atoms with Crippen LogP contribution in [0.5, 0.6) is 0 Å². The maximum Gasteiger partial charge on any atom is 0.107 e. The monoisotopic (exact) mass is 293 g/mol. The molecule has 1 fully saturated rings. The molecule has 0 bridgehead atoms. The van der Waals surface area contributed by atoms with Crippen LogP contribution < -0.4 is 5.32 Å². The standard InChI is InChI=1S/C14H16ClN3S/c15-12-3-1-2-11(8-12)13-9-16-4-6-18(13)10-14-17-5-7-19-14/h1-3,5,7-8,13,16H,4,6,9-10H2. The molecule has 3 nitrogen and oxygen atoms in total. The third-order valence-corrected chi connectivity index (χ3v) is 4.41. The molecule has 2 heterocycles. The summed E-state index contributed by atoms with van der Waals surface area (Å²) >= 11 is 7.82. The van der Waals surface area contributed by atoms with Crippen LogP contribution in [0.2, 0.25) is 5.02 Å². The Labute approximate surface area is 122 Å². The molecule has 1 unspecified atom stereocenters.